The highest BCUT2D eigenvalue weighted by atomic mass is 16.4. The Labute approximate surface area is 180 Å². The Bertz CT molecular complexity index is 728. The number of carboxylic acids is 1. The molecule has 1 aliphatic rings. The fourth-order valence-electron chi connectivity index (χ4n) is 3.51. The standard InChI is InChI=1S/C23H37N3O4/c1-9-23(6,7)26-14-11-10-12-17(26)19(27)24-18(22(3,4)5)20(28)25(8)15-13-16(2)21(29)30/h1,13,17-18H,10-12,14-15H2,2-8H3,(H,24,27)(H,29,30)/b16-13+. The molecule has 1 rings (SSSR count). The molecule has 1 saturated heterocycles. The van der Waals surface area contributed by atoms with Gasteiger partial charge in [-0.1, -0.05) is 39.2 Å². The first-order chi connectivity index (χ1) is 13.7. The van der Waals surface area contributed by atoms with E-state index in [0.29, 0.717) is 6.42 Å². The average molecular weight is 420 g/mol. The molecule has 1 heterocycles. The normalized spacial score (nSPS) is 19.5. The van der Waals surface area contributed by atoms with Crippen molar-refractivity contribution >= 4 is 17.8 Å². The van der Waals surface area contributed by atoms with Crippen molar-refractivity contribution in [1.29, 1.82) is 0 Å². The first kappa shape index (κ1) is 25.7. The molecular formula is C23H37N3O4. The Hall–Kier alpha value is -2.33. The van der Waals surface area contributed by atoms with E-state index in [0.717, 1.165) is 19.4 Å². The zero-order valence-electron chi connectivity index (χ0n) is 19.4. The van der Waals surface area contributed by atoms with Crippen molar-refractivity contribution in [3.05, 3.63) is 11.6 Å². The van der Waals surface area contributed by atoms with Crippen LogP contribution in [0.1, 0.15) is 60.8 Å². The zero-order chi connectivity index (χ0) is 23.3. The monoisotopic (exact) mass is 419 g/mol. The van der Waals surface area contributed by atoms with Gasteiger partial charge in [0.1, 0.15) is 6.04 Å². The van der Waals surface area contributed by atoms with Gasteiger partial charge in [-0.05, 0) is 39.0 Å². The summed E-state index contributed by atoms with van der Waals surface area (Å²) >= 11 is 0. The van der Waals surface area contributed by atoms with Crippen LogP contribution in [-0.2, 0) is 14.4 Å². The maximum Gasteiger partial charge on any atom is 0.331 e. The molecule has 30 heavy (non-hydrogen) atoms. The summed E-state index contributed by atoms with van der Waals surface area (Å²) in [6, 6.07) is -1.13. The fraction of sp³-hybridized carbons (Fsp3) is 0.696. The van der Waals surface area contributed by atoms with Crippen molar-refractivity contribution in [3.63, 3.8) is 0 Å². The highest BCUT2D eigenvalue weighted by molar-refractivity contribution is 5.90. The number of rotatable bonds is 7. The van der Waals surface area contributed by atoms with E-state index in [4.69, 9.17) is 11.5 Å². The molecular weight excluding hydrogens is 382 g/mol. The molecule has 168 valence electrons. The lowest BCUT2D eigenvalue weighted by molar-refractivity contribution is -0.140. The second kappa shape index (κ2) is 10.1. The number of carbonyl (C=O) groups is 3. The van der Waals surface area contributed by atoms with E-state index >= 15 is 0 Å². The van der Waals surface area contributed by atoms with E-state index in [1.165, 1.54) is 17.9 Å². The smallest absolute Gasteiger partial charge is 0.331 e. The van der Waals surface area contributed by atoms with Crippen molar-refractivity contribution in [3.8, 4) is 12.3 Å². The molecule has 2 atom stereocenters. The largest absolute Gasteiger partial charge is 0.478 e. The topological polar surface area (TPSA) is 90.0 Å². The van der Waals surface area contributed by atoms with Gasteiger partial charge in [0.2, 0.25) is 11.8 Å². The summed E-state index contributed by atoms with van der Waals surface area (Å²) in [7, 11) is 1.60. The summed E-state index contributed by atoms with van der Waals surface area (Å²) < 4.78 is 0. The summed E-state index contributed by atoms with van der Waals surface area (Å²) in [5.41, 5.74) is -0.909. The molecule has 0 aromatic heterocycles. The third kappa shape index (κ3) is 6.60. The van der Waals surface area contributed by atoms with Gasteiger partial charge in [-0.3, -0.25) is 14.5 Å². The van der Waals surface area contributed by atoms with E-state index < -0.39 is 23.0 Å². The zero-order valence-corrected chi connectivity index (χ0v) is 19.4. The molecule has 2 amide bonds. The summed E-state index contributed by atoms with van der Waals surface area (Å²) in [4.78, 5) is 40.8. The molecule has 0 saturated carbocycles. The number of carbonyl (C=O) groups excluding carboxylic acids is 2. The molecule has 2 N–H and O–H groups in total. The summed E-state index contributed by atoms with van der Waals surface area (Å²) in [5.74, 6) is 1.29. The summed E-state index contributed by atoms with van der Waals surface area (Å²) in [5, 5.41) is 12.0. The number of hydrogen-bond donors (Lipinski definition) is 2. The molecule has 1 fully saturated rings. The number of nitrogens with zero attached hydrogens (tertiary/aromatic N) is 2. The predicted molar refractivity (Wildman–Crippen MR) is 118 cm³/mol. The van der Waals surface area contributed by atoms with Crippen LogP contribution in [0.2, 0.25) is 0 Å². The Morgan fingerprint density at radius 3 is 2.37 bits per heavy atom. The maximum atomic E-state index is 13.2. The van der Waals surface area contributed by atoms with Crippen LogP contribution in [0, 0.1) is 17.8 Å². The molecule has 0 spiro atoms. The minimum atomic E-state index is -1.02. The Morgan fingerprint density at radius 2 is 1.87 bits per heavy atom. The van der Waals surface area contributed by atoms with Gasteiger partial charge in [0.25, 0.3) is 0 Å². The number of likely N-dealkylation sites (N-methyl/N-ethyl adjacent to an activating group) is 1. The Kier molecular flexibility index (Phi) is 8.67. The number of hydrogen-bond acceptors (Lipinski definition) is 4. The van der Waals surface area contributed by atoms with Gasteiger partial charge in [-0.25, -0.2) is 4.79 Å². The third-order valence-corrected chi connectivity index (χ3v) is 5.66. The molecule has 0 aliphatic carbocycles. The number of likely N-dealkylation sites (tertiary alicyclic amines) is 1. The van der Waals surface area contributed by atoms with Crippen LogP contribution in [0.3, 0.4) is 0 Å². The lowest BCUT2D eigenvalue weighted by Crippen LogP contribution is -2.61. The van der Waals surface area contributed by atoms with Crippen molar-refractivity contribution in [2.45, 2.75) is 78.4 Å². The van der Waals surface area contributed by atoms with Gasteiger partial charge in [0.15, 0.2) is 0 Å². The molecule has 2 unspecified atom stereocenters. The van der Waals surface area contributed by atoms with E-state index in [1.807, 2.05) is 39.5 Å². The molecule has 0 radical (unpaired) electrons. The number of carboxylic acid groups (broad SMARTS) is 1. The number of aliphatic carboxylic acids is 1. The molecule has 7 nitrogen and oxygen atoms in total. The van der Waals surface area contributed by atoms with Gasteiger partial charge >= 0.3 is 5.97 Å². The van der Waals surface area contributed by atoms with E-state index in [2.05, 4.69) is 11.2 Å². The SMILES string of the molecule is C#CC(C)(C)N1CCCCC1C(=O)NC(C(=O)N(C)C/C=C(\C)C(=O)O)C(C)(C)C. The van der Waals surface area contributed by atoms with Crippen LogP contribution >= 0.6 is 0 Å². The van der Waals surface area contributed by atoms with Crippen LogP contribution in [0.25, 0.3) is 0 Å². The number of nitrogens with one attached hydrogen (secondary N) is 1. The molecule has 7 heteroatoms. The maximum absolute atomic E-state index is 13.2. The molecule has 1 aliphatic heterocycles. The number of amides is 2. The van der Waals surface area contributed by atoms with Crippen LogP contribution < -0.4 is 5.32 Å². The van der Waals surface area contributed by atoms with Crippen molar-refractivity contribution in [1.82, 2.24) is 15.1 Å². The van der Waals surface area contributed by atoms with Gasteiger partial charge in [-0.2, -0.15) is 0 Å². The quantitative estimate of drug-likeness (QED) is 0.488. The summed E-state index contributed by atoms with van der Waals surface area (Å²) in [6.45, 7) is 11.9. The second-order valence-electron chi connectivity index (χ2n) is 9.63. The van der Waals surface area contributed by atoms with Crippen molar-refractivity contribution in [2.75, 3.05) is 20.1 Å². The number of piperidine rings is 1. The highest BCUT2D eigenvalue weighted by Crippen LogP contribution is 2.27. The van der Waals surface area contributed by atoms with Crippen LogP contribution in [0.15, 0.2) is 11.6 Å². The van der Waals surface area contributed by atoms with E-state index in [1.54, 1.807) is 7.05 Å². The predicted octanol–water partition coefficient (Wildman–Crippen LogP) is 2.27. The third-order valence-electron chi connectivity index (χ3n) is 5.66. The van der Waals surface area contributed by atoms with Crippen LogP contribution in [-0.4, -0.2) is 70.4 Å². The minimum absolute atomic E-state index is 0.152. The van der Waals surface area contributed by atoms with Gasteiger partial charge in [0.05, 0.1) is 11.6 Å². The fourth-order valence-corrected chi connectivity index (χ4v) is 3.51. The van der Waals surface area contributed by atoms with Gasteiger partial charge < -0.3 is 15.3 Å². The van der Waals surface area contributed by atoms with Gasteiger partial charge in [0, 0.05) is 25.7 Å². The van der Waals surface area contributed by atoms with E-state index in [-0.39, 0.29) is 30.0 Å². The molecule has 0 bridgehead atoms. The lowest BCUT2D eigenvalue weighted by atomic mass is 9.85. The van der Waals surface area contributed by atoms with Crippen molar-refractivity contribution in [2.24, 2.45) is 5.41 Å². The highest BCUT2D eigenvalue weighted by Gasteiger charge is 2.40. The number of terminal acetylenes is 1. The first-order valence-electron chi connectivity index (χ1n) is 10.4. The van der Waals surface area contributed by atoms with Crippen LogP contribution in [0.5, 0.6) is 0 Å². The Morgan fingerprint density at radius 1 is 1.27 bits per heavy atom. The average Bonchev–Trinajstić information content (AvgIpc) is 2.68. The summed E-state index contributed by atoms with van der Waals surface area (Å²) in [6.07, 6.45) is 9.80. The van der Waals surface area contributed by atoms with Gasteiger partial charge in [-0.15, -0.1) is 6.42 Å². The molecule has 0 aromatic carbocycles. The second-order valence-corrected chi connectivity index (χ2v) is 9.63. The van der Waals surface area contributed by atoms with Crippen molar-refractivity contribution < 1.29 is 19.5 Å². The minimum Gasteiger partial charge on any atom is -0.478 e. The van der Waals surface area contributed by atoms with Crippen LogP contribution in [0.4, 0.5) is 0 Å². The van der Waals surface area contributed by atoms with E-state index in [9.17, 15) is 14.4 Å². The Balaban J connectivity index is 3.03. The lowest BCUT2D eigenvalue weighted by Gasteiger charge is -2.44. The first-order valence-corrected chi connectivity index (χ1v) is 10.4. The molecule has 0 aromatic rings.